The monoisotopic (exact) mass is 456 g/mol. The Morgan fingerprint density at radius 1 is 0.909 bits per heavy atom. The third kappa shape index (κ3) is 3.64. The number of fused-ring (bicyclic) bond motifs is 1. The van der Waals surface area contributed by atoms with Gasteiger partial charge in [-0.05, 0) is 48.0 Å². The molecule has 5 aromatic rings. The van der Waals surface area contributed by atoms with Crippen LogP contribution in [0, 0.1) is 0 Å². The molecule has 33 heavy (non-hydrogen) atoms. The van der Waals surface area contributed by atoms with Crippen molar-refractivity contribution < 1.29 is 4.79 Å². The summed E-state index contributed by atoms with van der Waals surface area (Å²) in [5.74, 6) is -0.145. The maximum absolute atomic E-state index is 13.7. The number of hydrogen-bond donors (Lipinski definition) is 1. The van der Waals surface area contributed by atoms with E-state index < -0.39 is 0 Å². The molecule has 0 radical (unpaired) electrons. The number of nitrogens with one attached hydrogen (secondary N) is 1. The van der Waals surface area contributed by atoms with Crippen LogP contribution in [0.2, 0.25) is 5.02 Å². The molecule has 2 aromatic heterocycles. The molecule has 3 aromatic carbocycles. The molecule has 0 fully saturated rings. The van der Waals surface area contributed by atoms with Gasteiger partial charge in [0.05, 0.1) is 22.3 Å². The lowest BCUT2D eigenvalue weighted by Gasteiger charge is -2.13. The predicted molar refractivity (Wildman–Crippen MR) is 133 cm³/mol. The second-order valence-electron chi connectivity index (χ2n) is 7.82. The molecule has 7 heteroatoms. The Labute approximate surface area is 195 Å². The van der Waals surface area contributed by atoms with Crippen LogP contribution in [0.25, 0.3) is 33.5 Å². The van der Waals surface area contributed by atoms with Gasteiger partial charge in [0.1, 0.15) is 0 Å². The fraction of sp³-hybridized carbons (Fsp3) is 0.0769. The lowest BCUT2D eigenvalue weighted by Crippen LogP contribution is -2.20. The summed E-state index contributed by atoms with van der Waals surface area (Å²) in [6.07, 6.45) is 1.95. The number of carbonyl (C=O) groups is 1. The topological polar surface area (TPSA) is 61.0 Å². The highest BCUT2D eigenvalue weighted by molar-refractivity contribution is 6.30. The number of halogens is 1. The SMILES string of the molecule is CC(=O)Nc1cccc(-n2cc3c(c2-c2ccc(Cl)cc2)c(=O)n(-c2ccccc2)n3C)c1. The Hall–Kier alpha value is -4.03. The van der Waals surface area contributed by atoms with Gasteiger partial charge in [-0.25, -0.2) is 4.68 Å². The molecule has 0 saturated carbocycles. The Bertz CT molecular complexity index is 1540. The van der Waals surface area contributed by atoms with Crippen LogP contribution in [0.15, 0.2) is 89.9 Å². The lowest BCUT2D eigenvalue weighted by atomic mass is 10.1. The van der Waals surface area contributed by atoms with Crippen molar-refractivity contribution in [1.82, 2.24) is 13.9 Å². The molecule has 164 valence electrons. The Kier molecular flexibility index (Phi) is 5.15. The zero-order valence-corrected chi connectivity index (χ0v) is 18.9. The maximum Gasteiger partial charge on any atom is 0.281 e. The second-order valence-corrected chi connectivity index (χ2v) is 8.26. The van der Waals surface area contributed by atoms with Crippen molar-refractivity contribution in [3.05, 3.63) is 100 Å². The lowest BCUT2D eigenvalue weighted by molar-refractivity contribution is -0.114. The molecular weight excluding hydrogens is 436 g/mol. The van der Waals surface area contributed by atoms with Crippen LogP contribution in [0.1, 0.15) is 6.92 Å². The Morgan fingerprint density at radius 2 is 1.61 bits per heavy atom. The van der Waals surface area contributed by atoms with Crippen LogP contribution < -0.4 is 10.9 Å². The first-order chi connectivity index (χ1) is 15.9. The highest BCUT2D eigenvalue weighted by Crippen LogP contribution is 2.33. The second kappa shape index (κ2) is 8.15. The number of para-hydroxylation sites is 1. The molecule has 0 unspecified atom stereocenters. The van der Waals surface area contributed by atoms with Gasteiger partial charge in [-0.15, -0.1) is 0 Å². The Morgan fingerprint density at radius 3 is 2.30 bits per heavy atom. The van der Waals surface area contributed by atoms with E-state index in [-0.39, 0.29) is 11.5 Å². The molecule has 5 rings (SSSR count). The summed E-state index contributed by atoms with van der Waals surface area (Å²) in [6, 6.07) is 24.5. The number of carbonyl (C=O) groups excluding carboxylic acids is 1. The van der Waals surface area contributed by atoms with Crippen molar-refractivity contribution in [2.45, 2.75) is 6.92 Å². The number of hydrogen-bond acceptors (Lipinski definition) is 2. The van der Waals surface area contributed by atoms with E-state index in [0.29, 0.717) is 16.1 Å². The van der Waals surface area contributed by atoms with Crippen LogP contribution >= 0.6 is 11.6 Å². The van der Waals surface area contributed by atoms with Crippen molar-refractivity contribution in [3.63, 3.8) is 0 Å². The molecule has 0 aliphatic heterocycles. The van der Waals surface area contributed by atoms with Crippen molar-refractivity contribution in [3.8, 4) is 22.6 Å². The molecular formula is C26H21ClN4O2. The minimum Gasteiger partial charge on any atom is -0.326 e. The molecule has 0 aliphatic carbocycles. The molecule has 2 heterocycles. The largest absolute Gasteiger partial charge is 0.326 e. The van der Waals surface area contributed by atoms with Crippen molar-refractivity contribution >= 4 is 34.1 Å². The number of aryl methyl sites for hydroxylation is 1. The van der Waals surface area contributed by atoms with E-state index in [1.807, 2.05) is 101 Å². The highest BCUT2D eigenvalue weighted by Gasteiger charge is 2.22. The van der Waals surface area contributed by atoms with E-state index in [2.05, 4.69) is 5.32 Å². The number of nitrogens with zero attached hydrogens (tertiary/aromatic N) is 3. The van der Waals surface area contributed by atoms with Crippen LogP contribution in [0.3, 0.4) is 0 Å². The molecule has 0 atom stereocenters. The first-order valence-electron chi connectivity index (χ1n) is 10.5. The minimum absolute atomic E-state index is 0.111. The van der Waals surface area contributed by atoms with Gasteiger partial charge in [-0.3, -0.25) is 14.3 Å². The van der Waals surface area contributed by atoms with Gasteiger partial charge in [-0.1, -0.05) is 48.0 Å². The van der Waals surface area contributed by atoms with E-state index in [1.165, 1.54) is 6.92 Å². The fourth-order valence-electron chi connectivity index (χ4n) is 4.19. The van der Waals surface area contributed by atoms with Gasteiger partial charge in [-0.2, -0.15) is 0 Å². The average Bonchev–Trinajstić information content (AvgIpc) is 3.31. The maximum atomic E-state index is 13.7. The highest BCUT2D eigenvalue weighted by atomic mass is 35.5. The standard InChI is InChI=1S/C26H21ClN4O2/c1-17(32)28-20-7-6-10-22(15-20)30-16-23-24(25(30)18-11-13-19(27)14-12-18)26(33)31(29(23)2)21-8-4-3-5-9-21/h3-16H,1-2H3,(H,28,32). The van der Waals surface area contributed by atoms with Crippen molar-refractivity contribution in [1.29, 1.82) is 0 Å². The van der Waals surface area contributed by atoms with Crippen LogP contribution in [0.5, 0.6) is 0 Å². The number of rotatable bonds is 4. The Balaban J connectivity index is 1.81. The van der Waals surface area contributed by atoms with Crippen molar-refractivity contribution in [2.24, 2.45) is 7.05 Å². The summed E-state index contributed by atoms with van der Waals surface area (Å²) in [5.41, 5.74) is 4.61. The molecule has 6 nitrogen and oxygen atoms in total. The molecule has 1 amide bonds. The summed E-state index contributed by atoms with van der Waals surface area (Å²) in [5, 5.41) is 4.05. The number of benzene rings is 3. The first-order valence-corrected chi connectivity index (χ1v) is 10.8. The van der Waals surface area contributed by atoms with Gasteiger partial charge in [0, 0.05) is 36.6 Å². The van der Waals surface area contributed by atoms with Gasteiger partial charge in [0.15, 0.2) is 0 Å². The molecule has 1 N–H and O–H groups in total. The quantitative estimate of drug-likeness (QED) is 0.393. The van der Waals surface area contributed by atoms with Gasteiger partial charge >= 0.3 is 0 Å². The number of amides is 1. The van der Waals surface area contributed by atoms with Gasteiger partial charge < -0.3 is 9.88 Å². The van der Waals surface area contributed by atoms with E-state index >= 15 is 0 Å². The molecule has 0 spiro atoms. The zero-order valence-electron chi connectivity index (χ0n) is 18.1. The first kappa shape index (κ1) is 20.8. The summed E-state index contributed by atoms with van der Waals surface area (Å²) in [6.45, 7) is 1.47. The van der Waals surface area contributed by atoms with E-state index in [4.69, 9.17) is 11.6 Å². The predicted octanol–water partition coefficient (Wildman–Crippen LogP) is 5.40. The van der Waals surface area contributed by atoms with Crippen LogP contribution in [0.4, 0.5) is 5.69 Å². The molecule has 0 saturated heterocycles. The summed E-state index contributed by atoms with van der Waals surface area (Å²) >= 11 is 6.14. The summed E-state index contributed by atoms with van der Waals surface area (Å²) < 4.78 is 5.51. The van der Waals surface area contributed by atoms with E-state index in [9.17, 15) is 9.59 Å². The third-order valence-corrected chi connectivity index (χ3v) is 5.86. The molecule has 0 bridgehead atoms. The summed E-state index contributed by atoms with van der Waals surface area (Å²) in [7, 11) is 1.88. The van der Waals surface area contributed by atoms with E-state index in [0.717, 1.165) is 28.1 Å². The van der Waals surface area contributed by atoms with Crippen LogP contribution in [-0.2, 0) is 11.8 Å². The number of aromatic nitrogens is 3. The number of anilines is 1. The van der Waals surface area contributed by atoms with Gasteiger partial charge in [0.2, 0.25) is 5.91 Å². The van der Waals surface area contributed by atoms with E-state index in [1.54, 1.807) is 4.68 Å². The zero-order chi connectivity index (χ0) is 23.1. The third-order valence-electron chi connectivity index (χ3n) is 5.60. The normalized spacial score (nSPS) is 11.1. The van der Waals surface area contributed by atoms with Crippen molar-refractivity contribution in [2.75, 3.05) is 5.32 Å². The fourth-order valence-corrected chi connectivity index (χ4v) is 4.32. The van der Waals surface area contributed by atoms with Crippen LogP contribution in [-0.4, -0.2) is 19.8 Å². The van der Waals surface area contributed by atoms with Gasteiger partial charge in [0.25, 0.3) is 5.56 Å². The molecule has 0 aliphatic rings. The average molecular weight is 457 g/mol. The smallest absolute Gasteiger partial charge is 0.281 e. The minimum atomic E-state index is -0.145. The summed E-state index contributed by atoms with van der Waals surface area (Å²) in [4.78, 5) is 25.3.